The van der Waals surface area contributed by atoms with Crippen molar-refractivity contribution in [2.75, 3.05) is 21.3 Å². The van der Waals surface area contributed by atoms with Gasteiger partial charge >= 0.3 is 11.9 Å². The highest BCUT2D eigenvalue weighted by atomic mass is 16.5. The Bertz CT molecular complexity index is 1370. The molecule has 7 nitrogen and oxygen atoms in total. The van der Waals surface area contributed by atoms with E-state index < -0.39 is 11.9 Å². The summed E-state index contributed by atoms with van der Waals surface area (Å²) in [4.78, 5) is 27.5. The molecule has 0 saturated heterocycles. The Hall–Kier alpha value is -4.00. The van der Waals surface area contributed by atoms with Crippen LogP contribution in [0.5, 0.6) is 5.75 Å². The maximum Gasteiger partial charge on any atom is 0.330 e. The third-order valence-electron chi connectivity index (χ3n) is 7.43. The third kappa shape index (κ3) is 3.94. The molecular weight excluding hydrogens is 456 g/mol. The Balaban J connectivity index is 1.67. The fraction of sp³-hybridized carbons (Fsp3) is 0.310. The van der Waals surface area contributed by atoms with Crippen molar-refractivity contribution in [2.24, 2.45) is 13.0 Å². The van der Waals surface area contributed by atoms with Crippen molar-refractivity contribution in [2.45, 2.75) is 24.9 Å². The molecule has 1 aliphatic carbocycles. The first-order valence-corrected chi connectivity index (χ1v) is 12.0. The van der Waals surface area contributed by atoms with Crippen LogP contribution in [0.1, 0.15) is 35.2 Å². The molecule has 0 saturated carbocycles. The predicted octanol–water partition coefficient (Wildman–Crippen LogP) is 4.63. The number of nitrogens with zero attached hydrogens (tertiary/aromatic N) is 2. The molecule has 2 bridgehead atoms. The van der Waals surface area contributed by atoms with E-state index >= 15 is 0 Å². The van der Waals surface area contributed by atoms with Crippen LogP contribution in [-0.2, 0) is 32.7 Å². The van der Waals surface area contributed by atoms with Gasteiger partial charge in [-0.3, -0.25) is 4.79 Å². The molecule has 36 heavy (non-hydrogen) atoms. The van der Waals surface area contributed by atoms with E-state index in [1.54, 1.807) is 13.2 Å². The van der Waals surface area contributed by atoms with Crippen molar-refractivity contribution in [3.63, 3.8) is 0 Å². The summed E-state index contributed by atoms with van der Waals surface area (Å²) in [5.41, 5.74) is 5.26. The lowest BCUT2D eigenvalue weighted by atomic mass is 9.69. The van der Waals surface area contributed by atoms with E-state index in [0.29, 0.717) is 6.54 Å². The molecule has 3 aromatic rings. The van der Waals surface area contributed by atoms with Gasteiger partial charge in [-0.1, -0.05) is 36.4 Å². The van der Waals surface area contributed by atoms with Crippen molar-refractivity contribution in [3.8, 4) is 5.75 Å². The Morgan fingerprint density at radius 1 is 1.03 bits per heavy atom. The number of aromatic nitrogens is 1. The SMILES string of the molecule is COC(=O)/C=C/C1=CN(Cc2ccc(OC)cc2)[C@@H]2C[C@H]1[C@H](C(=O)OC)c1c2n(C)c2ccccc12. The second-order valence-corrected chi connectivity index (χ2v) is 9.24. The van der Waals surface area contributed by atoms with E-state index in [9.17, 15) is 9.59 Å². The number of benzene rings is 2. The molecule has 2 aromatic carbocycles. The van der Waals surface area contributed by atoms with Gasteiger partial charge in [-0.25, -0.2) is 4.79 Å². The van der Waals surface area contributed by atoms with Crippen LogP contribution in [0.2, 0.25) is 0 Å². The quantitative estimate of drug-likeness (QED) is 0.374. The molecule has 0 spiro atoms. The molecular formula is C29H30N2O5. The zero-order valence-corrected chi connectivity index (χ0v) is 20.9. The second kappa shape index (κ2) is 9.57. The Morgan fingerprint density at radius 2 is 1.78 bits per heavy atom. The molecule has 0 radical (unpaired) electrons. The number of hydrogen-bond donors (Lipinski definition) is 0. The third-order valence-corrected chi connectivity index (χ3v) is 7.43. The molecule has 5 rings (SSSR count). The van der Waals surface area contributed by atoms with Crippen molar-refractivity contribution in [1.82, 2.24) is 9.47 Å². The lowest BCUT2D eigenvalue weighted by Crippen LogP contribution is -2.40. The van der Waals surface area contributed by atoms with Crippen molar-refractivity contribution < 1.29 is 23.8 Å². The van der Waals surface area contributed by atoms with E-state index in [2.05, 4.69) is 47.0 Å². The standard InChI is InChI=1S/C29H30N2O5/c1-30-23-8-6-5-7-21(23)26-27(29(33)36-4)22-15-24(28(26)30)31(17-19(22)11-14-25(32)35-3)16-18-9-12-20(34-2)13-10-18/h5-14,17,22,24,27H,15-16H2,1-4H3/b14-11+/t22-,24-,27+/m1/s1. The smallest absolute Gasteiger partial charge is 0.330 e. The number of methoxy groups -OCH3 is 3. The van der Waals surface area contributed by atoms with E-state index in [4.69, 9.17) is 14.2 Å². The minimum atomic E-state index is -0.468. The molecule has 0 fully saturated rings. The predicted molar refractivity (Wildman–Crippen MR) is 136 cm³/mol. The van der Waals surface area contributed by atoms with Gasteiger partial charge in [0.2, 0.25) is 0 Å². The number of carbonyl (C=O) groups is 2. The largest absolute Gasteiger partial charge is 0.497 e. The Labute approximate surface area is 210 Å². The van der Waals surface area contributed by atoms with Gasteiger partial charge in [0.25, 0.3) is 0 Å². The number of hydrogen-bond acceptors (Lipinski definition) is 6. The minimum absolute atomic E-state index is 0.0562. The van der Waals surface area contributed by atoms with E-state index in [0.717, 1.165) is 45.5 Å². The second-order valence-electron chi connectivity index (χ2n) is 9.24. The average molecular weight is 487 g/mol. The minimum Gasteiger partial charge on any atom is -0.497 e. The van der Waals surface area contributed by atoms with Gasteiger partial charge in [0, 0.05) is 48.4 Å². The topological polar surface area (TPSA) is 70.0 Å². The number of aryl methyl sites for hydroxylation is 1. The first-order chi connectivity index (χ1) is 17.5. The number of rotatable bonds is 6. The van der Waals surface area contributed by atoms with Gasteiger partial charge in [0.1, 0.15) is 5.75 Å². The van der Waals surface area contributed by atoms with Gasteiger partial charge in [0.05, 0.1) is 33.3 Å². The van der Waals surface area contributed by atoms with E-state index in [1.165, 1.54) is 20.3 Å². The van der Waals surface area contributed by atoms with Gasteiger partial charge in [-0.15, -0.1) is 0 Å². The fourth-order valence-electron chi connectivity index (χ4n) is 5.77. The molecule has 0 amide bonds. The van der Waals surface area contributed by atoms with Crippen LogP contribution in [0.4, 0.5) is 0 Å². The zero-order valence-electron chi connectivity index (χ0n) is 20.9. The Morgan fingerprint density at radius 3 is 2.47 bits per heavy atom. The molecule has 0 N–H and O–H groups in total. The normalized spacial score (nSPS) is 20.7. The van der Waals surface area contributed by atoms with Crippen LogP contribution in [0.15, 0.2) is 72.5 Å². The highest BCUT2D eigenvalue weighted by Gasteiger charge is 2.47. The van der Waals surface area contributed by atoms with Crippen LogP contribution in [0.3, 0.4) is 0 Å². The van der Waals surface area contributed by atoms with Crippen molar-refractivity contribution >= 4 is 22.8 Å². The van der Waals surface area contributed by atoms with Gasteiger partial charge in [0.15, 0.2) is 0 Å². The lowest BCUT2D eigenvalue weighted by Gasteiger charge is -2.45. The summed E-state index contributed by atoms with van der Waals surface area (Å²) >= 11 is 0. The van der Waals surface area contributed by atoms with Crippen molar-refractivity contribution in [1.29, 1.82) is 0 Å². The number of ether oxygens (including phenoxy) is 3. The van der Waals surface area contributed by atoms with E-state index in [1.807, 2.05) is 24.3 Å². The molecule has 186 valence electrons. The summed E-state index contributed by atoms with van der Waals surface area (Å²) in [7, 11) is 6.52. The number of allylic oxidation sites excluding steroid dienone is 2. The number of esters is 2. The fourth-order valence-corrected chi connectivity index (χ4v) is 5.77. The van der Waals surface area contributed by atoms with E-state index in [-0.39, 0.29) is 17.9 Å². The summed E-state index contributed by atoms with van der Waals surface area (Å²) in [6.07, 6.45) is 6.01. The van der Waals surface area contributed by atoms with Crippen molar-refractivity contribution in [3.05, 3.63) is 89.3 Å². The molecule has 7 heteroatoms. The monoisotopic (exact) mass is 486 g/mol. The molecule has 2 aliphatic rings. The van der Waals surface area contributed by atoms with Gasteiger partial charge in [-0.05, 0) is 41.3 Å². The Kier molecular flexibility index (Phi) is 6.31. The van der Waals surface area contributed by atoms with Crippen LogP contribution < -0.4 is 4.74 Å². The highest BCUT2D eigenvalue weighted by Crippen LogP contribution is 2.53. The van der Waals surface area contributed by atoms with Crippen LogP contribution >= 0.6 is 0 Å². The number of carbonyl (C=O) groups excluding carboxylic acids is 2. The van der Waals surface area contributed by atoms with Crippen LogP contribution in [0.25, 0.3) is 10.9 Å². The molecule has 1 aromatic heterocycles. The molecule has 2 heterocycles. The van der Waals surface area contributed by atoms with Gasteiger partial charge in [-0.2, -0.15) is 0 Å². The first-order valence-electron chi connectivity index (χ1n) is 12.0. The highest BCUT2D eigenvalue weighted by molar-refractivity contribution is 5.93. The summed E-state index contributed by atoms with van der Waals surface area (Å²) in [6, 6.07) is 16.3. The molecule has 3 atom stereocenters. The van der Waals surface area contributed by atoms with Crippen LogP contribution in [-0.4, -0.2) is 42.7 Å². The lowest BCUT2D eigenvalue weighted by molar-refractivity contribution is -0.144. The molecule has 0 unspecified atom stereocenters. The average Bonchev–Trinajstić information content (AvgIpc) is 3.21. The maximum absolute atomic E-state index is 13.3. The van der Waals surface area contributed by atoms with Gasteiger partial charge < -0.3 is 23.7 Å². The van der Waals surface area contributed by atoms with Crippen LogP contribution in [0, 0.1) is 5.92 Å². The summed E-state index contributed by atoms with van der Waals surface area (Å²) in [5, 5.41) is 1.06. The maximum atomic E-state index is 13.3. The number of para-hydroxylation sites is 1. The zero-order chi connectivity index (χ0) is 25.4. The molecule has 1 aliphatic heterocycles. The summed E-state index contributed by atoms with van der Waals surface area (Å²) in [5.74, 6) is -0.491. The summed E-state index contributed by atoms with van der Waals surface area (Å²) < 4.78 is 17.7. The number of fused-ring (bicyclic) bond motifs is 6. The summed E-state index contributed by atoms with van der Waals surface area (Å²) in [6.45, 7) is 0.667. The first kappa shape index (κ1) is 23.7.